The molecule has 2 saturated heterocycles. The second-order valence-corrected chi connectivity index (χ2v) is 7.72. The third-order valence-corrected chi connectivity index (χ3v) is 6.26. The van der Waals surface area contributed by atoms with Crippen molar-refractivity contribution in [3.63, 3.8) is 0 Å². The van der Waals surface area contributed by atoms with Crippen LogP contribution in [0.4, 0.5) is 4.79 Å². The molecule has 0 spiro atoms. The van der Waals surface area contributed by atoms with Gasteiger partial charge in [-0.25, -0.2) is 4.79 Å². The second kappa shape index (κ2) is 6.13. The number of piperidine rings is 1. The van der Waals surface area contributed by atoms with Crippen LogP contribution in [0, 0.1) is 0 Å². The maximum atomic E-state index is 12.8. The second-order valence-electron chi connectivity index (χ2n) is 7.72. The fraction of sp³-hybridized carbons (Fsp3) is 0.409. The molecule has 2 aliphatic heterocycles. The van der Waals surface area contributed by atoms with E-state index in [2.05, 4.69) is 36.4 Å². The van der Waals surface area contributed by atoms with Gasteiger partial charge in [-0.05, 0) is 47.9 Å². The van der Waals surface area contributed by atoms with Gasteiger partial charge in [-0.15, -0.1) is 0 Å². The van der Waals surface area contributed by atoms with Gasteiger partial charge in [0, 0.05) is 18.0 Å². The summed E-state index contributed by atoms with van der Waals surface area (Å²) >= 11 is 0. The molecule has 0 unspecified atom stereocenters. The van der Waals surface area contributed by atoms with Gasteiger partial charge in [-0.3, -0.25) is 0 Å². The first kappa shape index (κ1) is 15.9. The van der Waals surface area contributed by atoms with E-state index in [4.69, 9.17) is 4.74 Å². The number of ether oxygens (including phenoxy) is 1. The van der Waals surface area contributed by atoms with E-state index in [0.717, 1.165) is 12.8 Å². The zero-order chi connectivity index (χ0) is 17.7. The lowest BCUT2D eigenvalue weighted by Gasteiger charge is -2.36. The van der Waals surface area contributed by atoms with Crippen molar-refractivity contribution in [3.8, 4) is 11.1 Å². The molecule has 134 valence electrons. The molecule has 4 heteroatoms. The maximum Gasteiger partial charge on any atom is 0.410 e. The standard InChI is InChI=1S/C22H23NO3/c24-16-11-14-9-10-15(12-16)23(14)22(25)26-13-21-19-7-3-1-5-17(19)18-6-2-4-8-20(18)21/h1-8,14-16,21,24H,9-13H2/t14-,15-/m1/s1. The van der Waals surface area contributed by atoms with Crippen LogP contribution in [-0.4, -0.2) is 40.9 Å². The molecule has 2 aromatic carbocycles. The molecule has 1 N–H and O–H groups in total. The predicted octanol–water partition coefficient (Wildman–Crippen LogP) is 3.92. The van der Waals surface area contributed by atoms with Gasteiger partial charge in [0.15, 0.2) is 0 Å². The minimum Gasteiger partial charge on any atom is -0.448 e. The van der Waals surface area contributed by atoms with Gasteiger partial charge in [0.1, 0.15) is 6.61 Å². The minimum atomic E-state index is -0.273. The predicted molar refractivity (Wildman–Crippen MR) is 99.0 cm³/mol. The highest BCUT2D eigenvalue weighted by Crippen LogP contribution is 2.45. The molecule has 2 fully saturated rings. The first-order chi connectivity index (χ1) is 12.7. The molecule has 2 heterocycles. The van der Waals surface area contributed by atoms with Crippen LogP contribution < -0.4 is 0 Å². The molecule has 5 rings (SSSR count). The van der Waals surface area contributed by atoms with Crippen LogP contribution in [0.5, 0.6) is 0 Å². The lowest BCUT2D eigenvalue weighted by Crippen LogP contribution is -2.48. The summed E-state index contributed by atoms with van der Waals surface area (Å²) in [7, 11) is 0. The lowest BCUT2D eigenvalue weighted by atomic mass is 9.98. The molecule has 4 nitrogen and oxygen atoms in total. The number of nitrogens with zero attached hydrogens (tertiary/aromatic N) is 1. The first-order valence-electron chi connectivity index (χ1n) is 9.53. The summed E-state index contributed by atoms with van der Waals surface area (Å²) in [6.07, 6.45) is 2.83. The smallest absolute Gasteiger partial charge is 0.410 e. The maximum absolute atomic E-state index is 12.8. The summed E-state index contributed by atoms with van der Waals surface area (Å²) in [4.78, 5) is 14.7. The number of amides is 1. The van der Waals surface area contributed by atoms with Gasteiger partial charge in [0.2, 0.25) is 0 Å². The Bertz CT molecular complexity index is 789. The highest BCUT2D eigenvalue weighted by molar-refractivity contribution is 5.79. The van der Waals surface area contributed by atoms with Crippen molar-refractivity contribution in [1.82, 2.24) is 4.90 Å². The number of aliphatic hydroxyl groups excluding tert-OH is 1. The molecule has 1 amide bonds. The number of carbonyl (C=O) groups excluding carboxylic acids is 1. The summed E-state index contributed by atoms with van der Waals surface area (Å²) in [5.74, 6) is 0.0967. The van der Waals surface area contributed by atoms with Crippen molar-refractivity contribution >= 4 is 6.09 Å². The largest absolute Gasteiger partial charge is 0.448 e. The number of fused-ring (bicyclic) bond motifs is 5. The molecule has 1 aliphatic carbocycles. The van der Waals surface area contributed by atoms with Crippen molar-refractivity contribution in [2.24, 2.45) is 0 Å². The zero-order valence-corrected chi connectivity index (χ0v) is 14.7. The summed E-state index contributed by atoms with van der Waals surface area (Å²) in [5.41, 5.74) is 4.95. The van der Waals surface area contributed by atoms with E-state index >= 15 is 0 Å². The van der Waals surface area contributed by atoms with E-state index in [1.165, 1.54) is 22.3 Å². The molecule has 3 aliphatic rings. The lowest BCUT2D eigenvalue weighted by molar-refractivity contribution is 0.0238. The van der Waals surface area contributed by atoms with Crippen LogP contribution in [0.3, 0.4) is 0 Å². The topological polar surface area (TPSA) is 49.8 Å². The van der Waals surface area contributed by atoms with Crippen LogP contribution in [0.1, 0.15) is 42.7 Å². The van der Waals surface area contributed by atoms with Crippen LogP contribution in [0.15, 0.2) is 48.5 Å². The van der Waals surface area contributed by atoms with Crippen molar-refractivity contribution in [2.75, 3.05) is 6.61 Å². The molecule has 2 atom stereocenters. The van der Waals surface area contributed by atoms with E-state index in [9.17, 15) is 9.90 Å². The van der Waals surface area contributed by atoms with Crippen molar-refractivity contribution in [3.05, 3.63) is 59.7 Å². The number of benzene rings is 2. The van der Waals surface area contributed by atoms with E-state index in [0.29, 0.717) is 19.4 Å². The van der Waals surface area contributed by atoms with E-state index < -0.39 is 0 Å². The average molecular weight is 349 g/mol. The quantitative estimate of drug-likeness (QED) is 0.894. The van der Waals surface area contributed by atoms with Crippen molar-refractivity contribution in [1.29, 1.82) is 0 Å². The fourth-order valence-corrected chi connectivity index (χ4v) is 5.11. The number of hydrogen-bond donors (Lipinski definition) is 1. The summed E-state index contributed by atoms with van der Waals surface area (Å²) in [6, 6.07) is 17.0. The Hall–Kier alpha value is -2.33. The Morgan fingerprint density at radius 1 is 0.962 bits per heavy atom. The van der Waals surface area contributed by atoms with E-state index in [1.54, 1.807) is 0 Å². The Balaban J connectivity index is 1.35. The van der Waals surface area contributed by atoms with Crippen molar-refractivity contribution < 1.29 is 14.6 Å². The highest BCUT2D eigenvalue weighted by Gasteiger charge is 2.44. The molecule has 0 radical (unpaired) electrons. The fourth-order valence-electron chi connectivity index (χ4n) is 5.11. The monoisotopic (exact) mass is 349 g/mol. The van der Waals surface area contributed by atoms with Crippen LogP contribution in [0.2, 0.25) is 0 Å². The van der Waals surface area contributed by atoms with Crippen molar-refractivity contribution in [2.45, 2.75) is 49.8 Å². The normalized spacial score (nSPS) is 26.5. The van der Waals surface area contributed by atoms with Gasteiger partial charge in [-0.1, -0.05) is 48.5 Å². The van der Waals surface area contributed by atoms with Crippen LogP contribution >= 0.6 is 0 Å². The highest BCUT2D eigenvalue weighted by atomic mass is 16.6. The van der Waals surface area contributed by atoms with E-state index in [1.807, 2.05) is 17.0 Å². The minimum absolute atomic E-state index is 0.0967. The summed E-state index contributed by atoms with van der Waals surface area (Å²) < 4.78 is 5.80. The Morgan fingerprint density at radius 3 is 2.08 bits per heavy atom. The molecular formula is C22H23NO3. The van der Waals surface area contributed by atoms with Crippen LogP contribution in [-0.2, 0) is 4.74 Å². The number of aliphatic hydroxyl groups is 1. The SMILES string of the molecule is O=C(OCC1c2ccccc2-c2ccccc21)N1[C@@H]2CC[C@@H]1CC(O)C2. The third-order valence-electron chi connectivity index (χ3n) is 6.26. The third kappa shape index (κ3) is 2.43. The van der Waals surface area contributed by atoms with Gasteiger partial charge in [0.25, 0.3) is 0 Å². The first-order valence-corrected chi connectivity index (χ1v) is 9.53. The average Bonchev–Trinajstić information content (AvgIpc) is 3.12. The molecule has 0 saturated carbocycles. The molecular weight excluding hydrogens is 326 g/mol. The number of hydrogen-bond acceptors (Lipinski definition) is 3. The van der Waals surface area contributed by atoms with Gasteiger partial charge >= 0.3 is 6.09 Å². The number of rotatable bonds is 2. The number of carbonyl (C=O) groups is 1. The van der Waals surface area contributed by atoms with Gasteiger partial charge in [-0.2, -0.15) is 0 Å². The summed E-state index contributed by atoms with van der Waals surface area (Å²) in [5, 5.41) is 9.93. The molecule has 2 bridgehead atoms. The Kier molecular flexibility index (Phi) is 3.75. The van der Waals surface area contributed by atoms with Gasteiger partial charge < -0.3 is 14.7 Å². The Morgan fingerprint density at radius 2 is 1.50 bits per heavy atom. The van der Waals surface area contributed by atoms with Crippen LogP contribution in [0.25, 0.3) is 11.1 Å². The van der Waals surface area contributed by atoms with Gasteiger partial charge in [0.05, 0.1) is 6.10 Å². The molecule has 2 aromatic rings. The Labute approximate surface area is 153 Å². The summed E-state index contributed by atoms with van der Waals surface area (Å²) in [6.45, 7) is 0.366. The molecule has 26 heavy (non-hydrogen) atoms. The van der Waals surface area contributed by atoms with E-state index in [-0.39, 0.29) is 30.2 Å². The molecule has 0 aromatic heterocycles. The zero-order valence-electron chi connectivity index (χ0n) is 14.7.